The Hall–Kier alpha value is -0.820. The number of piperidine rings is 1. The molecule has 2 unspecified atom stereocenters. The molecule has 1 fully saturated rings. The monoisotopic (exact) mass is 217 g/mol. The topological polar surface area (TPSA) is 12.0 Å². The van der Waals surface area contributed by atoms with Gasteiger partial charge in [-0.3, -0.25) is 0 Å². The molecule has 0 saturated carbocycles. The highest BCUT2D eigenvalue weighted by atomic mass is 14.9. The first kappa shape index (κ1) is 11.7. The lowest BCUT2D eigenvalue weighted by atomic mass is 9.82. The normalized spacial score (nSPS) is 25.6. The smallest absolute Gasteiger partial charge is 0.00173 e. The molecule has 16 heavy (non-hydrogen) atoms. The van der Waals surface area contributed by atoms with Gasteiger partial charge in [-0.2, -0.15) is 0 Å². The summed E-state index contributed by atoms with van der Waals surface area (Å²) in [6.45, 7) is 6.96. The van der Waals surface area contributed by atoms with Crippen molar-refractivity contribution in [3.8, 4) is 0 Å². The predicted molar refractivity (Wildman–Crippen MR) is 69.8 cm³/mol. The maximum absolute atomic E-state index is 3.47. The highest BCUT2D eigenvalue weighted by molar-refractivity contribution is 5.27. The van der Waals surface area contributed by atoms with Crippen LogP contribution in [0.3, 0.4) is 0 Å². The van der Waals surface area contributed by atoms with Gasteiger partial charge in [-0.05, 0) is 48.9 Å². The van der Waals surface area contributed by atoms with E-state index in [1.54, 1.807) is 5.56 Å². The van der Waals surface area contributed by atoms with Crippen molar-refractivity contribution in [2.24, 2.45) is 5.92 Å². The zero-order chi connectivity index (χ0) is 11.4. The summed E-state index contributed by atoms with van der Waals surface area (Å²) in [5, 5.41) is 3.47. The van der Waals surface area contributed by atoms with Gasteiger partial charge in [-0.15, -0.1) is 0 Å². The summed E-state index contributed by atoms with van der Waals surface area (Å²) in [5.41, 5.74) is 3.06. The van der Waals surface area contributed by atoms with Gasteiger partial charge in [0.15, 0.2) is 0 Å². The number of aryl methyl sites for hydroxylation is 1. The van der Waals surface area contributed by atoms with Crippen LogP contribution in [0.2, 0.25) is 0 Å². The van der Waals surface area contributed by atoms with Crippen LogP contribution in [0.4, 0.5) is 0 Å². The molecule has 0 spiro atoms. The summed E-state index contributed by atoms with van der Waals surface area (Å²) < 4.78 is 0. The van der Waals surface area contributed by atoms with E-state index < -0.39 is 0 Å². The fourth-order valence-electron chi connectivity index (χ4n) is 2.78. The lowest BCUT2D eigenvalue weighted by Crippen LogP contribution is -2.33. The van der Waals surface area contributed by atoms with Crippen molar-refractivity contribution in [2.75, 3.05) is 13.1 Å². The van der Waals surface area contributed by atoms with Crippen LogP contribution in [0.5, 0.6) is 0 Å². The zero-order valence-corrected chi connectivity index (χ0v) is 10.5. The molecule has 0 amide bonds. The fourth-order valence-corrected chi connectivity index (χ4v) is 2.78. The van der Waals surface area contributed by atoms with Gasteiger partial charge >= 0.3 is 0 Å². The first-order valence-corrected chi connectivity index (χ1v) is 6.60. The Morgan fingerprint density at radius 1 is 1.38 bits per heavy atom. The van der Waals surface area contributed by atoms with E-state index >= 15 is 0 Å². The van der Waals surface area contributed by atoms with Crippen molar-refractivity contribution in [1.82, 2.24) is 5.32 Å². The fraction of sp³-hybridized carbons (Fsp3) is 0.600. The molecule has 1 N–H and O–H groups in total. The van der Waals surface area contributed by atoms with Crippen LogP contribution in [-0.4, -0.2) is 13.1 Å². The highest BCUT2D eigenvalue weighted by Gasteiger charge is 2.22. The minimum absolute atomic E-state index is 0.762. The Balaban J connectivity index is 2.15. The largest absolute Gasteiger partial charge is 0.316 e. The zero-order valence-electron chi connectivity index (χ0n) is 10.5. The van der Waals surface area contributed by atoms with E-state index in [1.807, 2.05) is 0 Å². The van der Waals surface area contributed by atoms with Crippen molar-refractivity contribution in [2.45, 2.75) is 39.0 Å². The van der Waals surface area contributed by atoms with Gasteiger partial charge in [-0.1, -0.05) is 44.5 Å². The standard InChI is InChI=1S/C15H23N/c1-3-5-13-6-4-7-14(10-13)15-8-9-16-11-12(15)2/h4,6-7,10,12,15-16H,3,5,8-9,11H2,1-2H3. The Morgan fingerprint density at radius 3 is 3.00 bits per heavy atom. The van der Waals surface area contributed by atoms with Gasteiger partial charge in [-0.25, -0.2) is 0 Å². The quantitative estimate of drug-likeness (QED) is 0.818. The Bertz CT molecular complexity index is 332. The molecule has 1 heteroatoms. The van der Waals surface area contributed by atoms with E-state index in [4.69, 9.17) is 0 Å². The summed E-state index contributed by atoms with van der Waals surface area (Å²) in [6.07, 6.45) is 3.75. The summed E-state index contributed by atoms with van der Waals surface area (Å²) in [4.78, 5) is 0. The van der Waals surface area contributed by atoms with Gasteiger partial charge in [0.05, 0.1) is 0 Å². The van der Waals surface area contributed by atoms with Crippen molar-refractivity contribution in [3.05, 3.63) is 35.4 Å². The molecule has 0 radical (unpaired) electrons. The van der Waals surface area contributed by atoms with Crippen molar-refractivity contribution >= 4 is 0 Å². The third-order valence-electron chi connectivity index (χ3n) is 3.70. The van der Waals surface area contributed by atoms with Gasteiger partial charge in [0, 0.05) is 0 Å². The summed E-state index contributed by atoms with van der Waals surface area (Å²) in [5.74, 6) is 1.53. The van der Waals surface area contributed by atoms with Crippen LogP contribution in [0.1, 0.15) is 43.7 Å². The van der Waals surface area contributed by atoms with Crippen LogP contribution in [0.25, 0.3) is 0 Å². The SMILES string of the molecule is CCCc1cccc(C2CCNCC2C)c1. The van der Waals surface area contributed by atoms with E-state index in [9.17, 15) is 0 Å². The molecule has 1 aromatic rings. The molecule has 1 saturated heterocycles. The molecule has 1 aliphatic heterocycles. The molecule has 0 bridgehead atoms. The third-order valence-corrected chi connectivity index (χ3v) is 3.70. The average Bonchev–Trinajstić information content (AvgIpc) is 2.30. The minimum Gasteiger partial charge on any atom is -0.316 e. The van der Waals surface area contributed by atoms with Crippen molar-refractivity contribution in [1.29, 1.82) is 0 Å². The van der Waals surface area contributed by atoms with Gasteiger partial charge in [0.2, 0.25) is 0 Å². The second kappa shape index (κ2) is 5.49. The average molecular weight is 217 g/mol. The van der Waals surface area contributed by atoms with Gasteiger partial charge in [0.1, 0.15) is 0 Å². The molecule has 0 aliphatic carbocycles. The number of benzene rings is 1. The first-order chi connectivity index (χ1) is 7.81. The molecule has 1 heterocycles. The summed E-state index contributed by atoms with van der Waals surface area (Å²) >= 11 is 0. The van der Waals surface area contributed by atoms with E-state index in [1.165, 1.54) is 37.9 Å². The first-order valence-electron chi connectivity index (χ1n) is 6.60. The maximum Gasteiger partial charge on any atom is -0.00173 e. The number of hydrogen-bond donors (Lipinski definition) is 1. The number of rotatable bonds is 3. The number of nitrogens with one attached hydrogen (secondary N) is 1. The molecular weight excluding hydrogens is 194 g/mol. The minimum atomic E-state index is 0.762. The molecule has 88 valence electrons. The highest BCUT2D eigenvalue weighted by Crippen LogP contribution is 2.30. The van der Waals surface area contributed by atoms with Crippen LogP contribution < -0.4 is 5.32 Å². The lowest BCUT2D eigenvalue weighted by molar-refractivity contribution is 0.349. The summed E-state index contributed by atoms with van der Waals surface area (Å²) in [6, 6.07) is 9.23. The third kappa shape index (κ3) is 2.65. The molecule has 0 aromatic heterocycles. The van der Waals surface area contributed by atoms with Crippen LogP contribution in [0, 0.1) is 5.92 Å². The van der Waals surface area contributed by atoms with E-state index in [0.29, 0.717) is 0 Å². The molecule has 1 nitrogen and oxygen atoms in total. The van der Waals surface area contributed by atoms with Crippen LogP contribution in [0.15, 0.2) is 24.3 Å². The molecule has 1 aromatic carbocycles. The van der Waals surface area contributed by atoms with Crippen LogP contribution in [-0.2, 0) is 6.42 Å². The van der Waals surface area contributed by atoms with Gasteiger partial charge in [0.25, 0.3) is 0 Å². The maximum atomic E-state index is 3.47. The molecule has 2 atom stereocenters. The molecular formula is C15H23N. The van der Waals surface area contributed by atoms with Gasteiger partial charge < -0.3 is 5.32 Å². The molecule has 2 rings (SSSR count). The lowest BCUT2D eigenvalue weighted by Gasteiger charge is -2.30. The van der Waals surface area contributed by atoms with Crippen LogP contribution >= 0.6 is 0 Å². The van der Waals surface area contributed by atoms with E-state index in [0.717, 1.165) is 11.8 Å². The van der Waals surface area contributed by atoms with E-state index in [2.05, 4.69) is 43.4 Å². The Morgan fingerprint density at radius 2 is 2.25 bits per heavy atom. The predicted octanol–water partition coefficient (Wildman–Crippen LogP) is 3.35. The van der Waals surface area contributed by atoms with E-state index in [-0.39, 0.29) is 0 Å². The second-order valence-corrected chi connectivity index (χ2v) is 5.07. The van der Waals surface area contributed by atoms with Crippen molar-refractivity contribution < 1.29 is 0 Å². The number of hydrogen-bond acceptors (Lipinski definition) is 1. The molecule has 1 aliphatic rings. The Labute approximate surface area is 99.3 Å². The Kier molecular flexibility index (Phi) is 4.00. The second-order valence-electron chi connectivity index (χ2n) is 5.07. The van der Waals surface area contributed by atoms with Crippen molar-refractivity contribution in [3.63, 3.8) is 0 Å². The summed E-state index contributed by atoms with van der Waals surface area (Å²) in [7, 11) is 0.